The van der Waals surface area contributed by atoms with Gasteiger partial charge in [0, 0.05) is 20.1 Å². The monoisotopic (exact) mass is 407 g/mol. The predicted molar refractivity (Wildman–Crippen MR) is 103 cm³/mol. The van der Waals surface area contributed by atoms with Gasteiger partial charge in [-0.2, -0.15) is 11.8 Å². The number of guanidine groups is 1. The van der Waals surface area contributed by atoms with Crippen molar-refractivity contribution in [1.82, 2.24) is 10.6 Å². The second-order valence-electron chi connectivity index (χ2n) is 4.36. The molecule has 1 aromatic carbocycles. The number of rotatable bonds is 8. The van der Waals surface area contributed by atoms with Crippen molar-refractivity contribution in [3.05, 3.63) is 35.9 Å². The molecule has 1 aromatic rings. The third kappa shape index (κ3) is 9.47. The molecule has 20 heavy (non-hydrogen) atoms. The molecule has 0 aliphatic rings. The molecule has 0 unspecified atom stereocenters. The van der Waals surface area contributed by atoms with E-state index in [4.69, 9.17) is 0 Å². The molecule has 5 heteroatoms. The van der Waals surface area contributed by atoms with Crippen molar-refractivity contribution in [1.29, 1.82) is 0 Å². The summed E-state index contributed by atoms with van der Waals surface area (Å²) in [5.74, 6) is 2.14. The number of hydrogen-bond acceptors (Lipinski definition) is 2. The maximum atomic E-state index is 4.23. The summed E-state index contributed by atoms with van der Waals surface area (Å²) < 4.78 is 0. The SMILES string of the molecule is CN=C(NCCCCSC)NCCc1ccccc1.I. The summed E-state index contributed by atoms with van der Waals surface area (Å²) >= 11 is 1.90. The van der Waals surface area contributed by atoms with E-state index in [1.165, 1.54) is 24.2 Å². The number of halogens is 1. The average molecular weight is 407 g/mol. The quantitative estimate of drug-likeness (QED) is 0.301. The van der Waals surface area contributed by atoms with Crippen molar-refractivity contribution < 1.29 is 0 Å². The van der Waals surface area contributed by atoms with Crippen LogP contribution in [0.25, 0.3) is 0 Å². The molecule has 2 N–H and O–H groups in total. The molecule has 1 rings (SSSR count). The van der Waals surface area contributed by atoms with Gasteiger partial charge in [0.15, 0.2) is 5.96 Å². The van der Waals surface area contributed by atoms with Crippen LogP contribution in [0.1, 0.15) is 18.4 Å². The predicted octanol–water partition coefficient (Wildman–Crippen LogP) is 3.16. The second-order valence-corrected chi connectivity index (χ2v) is 5.35. The second kappa shape index (κ2) is 13.5. The van der Waals surface area contributed by atoms with E-state index < -0.39 is 0 Å². The largest absolute Gasteiger partial charge is 0.356 e. The average Bonchev–Trinajstić information content (AvgIpc) is 2.46. The Morgan fingerprint density at radius 2 is 1.80 bits per heavy atom. The van der Waals surface area contributed by atoms with E-state index in [1.54, 1.807) is 0 Å². The van der Waals surface area contributed by atoms with Gasteiger partial charge in [-0.15, -0.1) is 24.0 Å². The van der Waals surface area contributed by atoms with Gasteiger partial charge in [0.1, 0.15) is 0 Å². The van der Waals surface area contributed by atoms with Crippen molar-refractivity contribution in [2.75, 3.05) is 32.1 Å². The zero-order chi connectivity index (χ0) is 13.8. The minimum Gasteiger partial charge on any atom is -0.356 e. The lowest BCUT2D eigenvalue weighted by molar-refractivity contribution is 0.730. The van der Waals surface area contributed by atoms with Gasteiger partial charge in [-0.25, -0.2) is 0 Å². The highest BCUT2D eigenvalue weighted by molar-refractivity contribution is 14.0. The summed E-state index contributed by atoms with van der Waals surface area (Å²) in [7, 11) is 1.82. The topological polar surface area (TPSA) is 36.4 Å². The number of unbranched alkanes of at least 4 members (excludes halogenated alkanes) is 1. The molecule has 0 saturated heterocycles. The number of thioether (sulfide) groups is 1. The molecule has 0 fully saturated rings. The smallest absolute Gasteiger partial charge is 0.190 e. The number of nitrogens with one attached hydrogen (secondary N) is 2. The van der Waals surface area contributed by atoms with E-state index >= 15 is 0 Å². The Kier molecular flexibility index (Phi) is 13.3. The molecular formula is C15H26IN3S. The summed E-state index contributed by atoms with van der Waals surface area (Å²) in [6.07, 6.45) is 5.63. The molecule has 0 amide bonds. The molecule has 0 aromatic heterocycles. The first kappa shape index (κ1) is 19.6. The first-order chi connectivity index (χ1) is 9.36. The fraction of sp³-hybridized carbons (Fsp3) is 0.533. The number of benzene rings is 1. The number of aliphatic imine (C=N–C) groups is 1. The van der Waals surface area contributed by atoms with Crippen molar-refractivity contribution in [3.8, 4) is 0 Å². The van der Waals surface area contributed by atoms with Gasteiger partial charge in [-0.3, -0.25) is 4.99 Å². The summed E-state index contributed by atoms with van der Waals surface area (Å²) in [4.78, 5) is 4.23. The van der Waals surface area contributed by atoms with Crippen molar-refractivity contribution in [2.45, 2.75) is 19.3 Å². The van der Waals surface area contributed by atoms with E-state index in [0.29, 0.717) is 0 Å². The van der Waals surface area contributed by atoms with E-state index in [1.807, 2.05) is 24.9 Å². The van der Waals surface area contributed by atoms with Gasteiger partial charge < -0.3 is 10.6 Å². The van der Waals surface area contributed by atoms with E-state index in [9.17, 15) is 0 Å². The van der Waals surface area contributed by atoms with E-state index in [0.717, 1.165) is 25.5 Å². The van der Waals surface area contributed by atoms with Crippen molar-refractivity contribution in [2.24, 2.45) is 4.99 Å². The Morgan fingerprint density at radius 1 is 1.10 bits per heavy atom. The van der Waals surface area contributed by atoms with E-state index in [-0.39, 0.29) is 24.0 Å². The zero-order valence-corrected chi connectivity index (χ0v) is 15.5. The minimum atomic E-state index is 0. The van der Waals surface area contributed by atoms with Crippen LogP contribution in [0.3, 0.4) is 0 Å². The van der Waals surface area contributed by atoms with Gasteiger partial charge in [-0.1, -0.05) is 30.3 Å². The third-order valence-corrected chi connectivity index (χ3v) is 3.54. The first-order valence-corrected chi connectivity index (χ1v) is 8.23. The van der Waals surface area contributed by atoms with Crippen LogP contribution in [0.5, 0.6) is 0 Å². The molecule has 3 nitrogen and oxygen atoms in total. The van der Waals surface area contributed by atoms with Crippen LogP contribution in [-0.2, 0) is 6.42 Å². The normalized spacial score (nSPS) is 10.8. The molecule has 0 atom stereocenters. The molecule has 0 spiro atoms. The number of hydrogen-bond donors (Lipinski definition) is 2. The lowest BCUT2D eigenvalue weighted by atomic mass is 10.1. The molecule has 0 saturated carbocycles. The van der Waals surface area contributed by atoms with Gasteiger partial charge >= 0.3 is 0 Å². The third-order valence-electron chi connectivity index (χ3n) is 2.84. The summed E-state index contributed by atoms with van der Waals surface area (Å²) in [6.45, 7) is 1.90. The standard InChI is InChI=1S/C15H25N3S.HI/c1-16-15(17-11-6-7-13-19-2)18-12-10-14-8-4-3-5-9-14;/h3-5,8-9H,6-7,10-13H2,1-2H3,(H2,16,17,18);1H. The Morgan fingerprint density at radius 3 is 2.45 bits per heavy atom. The molecule has 0 bridgehead atoms. The highest BCUT2D eigenvalue weighted by atomic mass is 127. The lowest BCUT2D eigenvalue weighted by Crippen LogP contribution is -2.38. The first-order valence-electron chi connectivity index (χ1n) is 6.84. The fourth-order valence-corrected chi connectivity index (χ4v) is 2.26. The van der Waals surface area contributed by atoms with E-state index in [2.05, 4.69) is 46.1 Å². The van der Waals surface area contributed by atoms with Crippen LogP contribution in [0.2, 0.25) is 0 Å². The highest BCUT2D eigenvalue weighted by Gasteiger charge is 1.97. The minimum absolute atomic E-state index is 0. The fourth-order valence-electron chi connectivity index (χ4n) is 1.77. The maximum Gasteiger partial charge on any atom is 0.190 e. The summed E-state index contributed by atoms with van der Waals surface area (Å²) in [5, 5.41) is 6.69. The molecule has 0 radical (unpaired) electrons. The van der Waals surface area contributed by atoms with Gasteiger partial charge in [0.05, 0.1) is 0 Å². The summed E-state index contributed by atoms with van der Waals surface area (Å²) in [6, 6.07) is 10.5. The van der Waals surface area contributed by atoms with Crippen molar-refractivity contribution in [3.63, 3.8) is 0 Å². The highest BCUT2D eigenvalue weighted by Crippen LogP contribution is 1.98. The molecular weight excluding hydrogens is 381 g/mol. The maximum absolute atomic E-state index is 4.23. The zero-order valence-electron chi connectivity index (χ0n) is 12.4. The lowest BCUT2D eigenvalue weighted by Gasteiger charge is -2.11. The van der Waals surface area contributed by atoms with Crippen LogP contribution in [0, 0.1) is 0 Å². The molecule has 0 aliphatic heterocycles. The van der Waals surface area contributed by atoms with Gasteiger partial charge in [-0.05, 0) is 36.8 Å². The van der Waals surface area contributed by atoms with Gasteiger partial charge in [0.2, 0.25) is 0 Å². The Hall–Kier alpha value is -0.430. The van der Waals surface area contributed by atoms with Crippen LogP contribution < -0.4 is 10.6 Å². The van der Waals surface area contributed by atoms with Crippen LogP contribution in [0.4, 0.5) is 0 Å². The molecule has 0 heterocycles. The van der Waals surface area contributed by atoms with Gasteiger partial charge in [0.25, 0.3) is 0 Å². The summed E-state index contributed by atoms with van der Waals surface area (Å²) in [5.41, 5.74) is 1.35. The Bertz CT molecular complexity index is 357. The van der Waals surface area contributed by atoms with Crippen LogP contribution in [-0.4, -0.2) is 38.1 Å². The van der Waals surface area contributed by atoms with Crippen LogP contribution >= 0.6 is 35.7 Å². The van der Waals surface area contributed by atoms with Crippen LogP contribution in [0.15, 0.2) is 35.3 Å². The van der Waals surface area contributed by atoms with Crippen molar-refractivity contribution >= 4 is 41.7 Å². The Balaban J connectivity index is 0.00000361. The molecule has 0 aliphatic carbocycles. The Labute approximate surface area is 144 Å². The number of nitrogens with zero attached hydrogens (tertiary/aromatic N) is 1. The molecule has 114 valence electrons.